The lowest BCUT2D eigenvalue weighted by molar-refractivity contribution is -0.148. The number of alkyl carbamates (subject to hydrolysis) is 1. The number of amides is 6. The summed E-state index contributed by atoms with van der Waals surface area (Å²) in [4.78, 5) is 112. The van der Waals surface area contributed by atoms with Crippen molar-refractivity contribution < 1.29 is 63.2 Å². The molecular formula is C36H44N6O13. The summed E-state index contributed by atoms with van der Waals surface area (Å²) in [6.07, 6.45) is -1.23. The van der Waals surface area contributed by atoms with E-state index in [1.165, 1.54) is 13.8 Å². The van der Waals surface area contributed by atoms with Crippen molar-refractivity contribution in [2.24, 2.45) is 5.92 Å². The maximum atomic E-state index is 13.4. The van der Waals surface area contributed by atoms with Gasteiger partial charge < -0.3 is 41.3 Å². The molecule has 8 N–H and O–H groups in total. The van der Waals surface area contributed by atoms with E-state index >= 15 is 0 Å². The molecule has 0 aromatic heterocycles. The number of ether oxygens (including phenoxy) is 1. The van der Waals surface area contributed by atoms with Gasteiger partial charge >= 0.3 is 24.0 Å². The van der Waals surface area contributed by atoms with Crippen molar-refractivity contribution in [3.63, 3.8) is 0 Å². The van der Waals surface area contributed by atoms with Crippen molar-refractivity contribution in [3.05, 3.63) is 83.9 Å². The van der Waals surface area contributed by atoms with Gasteiger partial charge in [-0.3, -0.25) is 43.8 Å². The summed E-state index contributed by atoms with van der Waals surface area (Å²) in [6, 6.07) is 12.7. The third-order valence-electron chi connectivity index (χ3n) is 7.46. The maximum absolute atomic E-state index is 13.4. The smallest absolute Gasteiger partial charge is 0.408 e. The van der Waals surface area contributed by atoms with Crippen LogP contribution in [0.15, 0.2) is 72.8 Å². The third kappa shape index (κ3) is 17.5. The Labute approximate surface area is 315 Å². The number of rotatable bonds is 21. The third-order valence-corrected chi connectivity index (χ3v) is 7.46. The lowest BCUT2D eigenvalue weighted by Crippen LogP contribution is -2.60. The van der Waals surface area contributed by atoms with Crippen LogP contribution in [0.4, 0.5) is 4.79 Å². The van der Waals surface area contributed by atoms with Crippen LogP contribution in [0.25, 0.3) is 0 Å². The molecule has 2 rings (SSSR count). The van der Waals surface area contributed by atoms with Crippen LogP contribution in [0, 0.1) is 5.92 Å². The van der Waals surface area contributed by atoms with Crippen molar-refractivity contribution in [1.82, 2.24) is 31.7 Å². The minimum atomic E-state index is -1.78. The van der Waals surface area contributed by atoms with Gasteiger partial charge in [-0.05, 0) is 29.9 Å². The van der Waals surface area contributed by atoms with Gasteiger partial charge in [0.1, 0.15) is 31.3 Å². The van der Waals surface area contributed by atoms with Crippen LogP contribution in [-0.2, 0) is 56.1 Å². The van der Waals surface area contributed by atoms with E-state index in [9.17, 15) is 58.5 Å². The molecule has 0 unspecified atom stereocenters. The SMILES string of the molecule is CC(C)[C@H](NC(=O)[C@H](CCC(=O)O)NC(=O)[C@H](CC(=O)O)NC(=O)OCc1ccccc1)C(=O)NN(CC(=O)O)C(=O)C=CC(=O)NCCc1ccccc1. The molecule has 0 bridgehead atoms. The highest BCUT2D eigenvalue weighted by atomic mass is 16.5. The molecular weight excluding hydrogens is 724 g/mol. The van der Waals surface area contributed by atoms with Gasteiger partial charge in [-0.15, -0.1) is 0 Å². The Morgan fingerprint density at radius 3 is 1.87 bits per heavy atom. The highest BCUT2D eigenvalue weighted by molar-refractivity contribution is 5.99. The molecule has 0 saturated carbocycles. The largest absolute Gasteiger partial charge is 0.481 e. The predicted molar refractivity (Wildman–Crippen MR) is 191 cm³/mol. The molecule has 0 saturated heterocycles. The first-order chi connectivity index (χ1) is 26.0. The van der Waals surface area contributed by atoms with Crippen molar-refractivity contribution in [2.45, 2.75) is 64.3 Å². The van der Waals surface area contributed by atoms with Gasteiger partial charge in [0.2, 0.25) is 17.7 Å². The summed E-state index contributed by atoms with van der Waals surface area (Å²) < 4.78 is 5.04. The Morgan fingerprint density at radius 2 is 1.31 bits per heavy atom. The monoisotopic (exact) mass is 768 g/mol. The fraction of sp³-hybridized carbons (Fsp3) is 0.361. The minimum absolute atomic E-state index is 0.216. The molecule has 0 aliphatic heterocycles. The average molecular weight is 769 g/mol. The quantitative estimate of drug-likeness (QED) is 0.0619. The van der Waals surface area contributed by atoms with E-state index in [1.54, 1.807) is 30.3 Å². The fourth-order valence-electron chi connectivity index (χ4n) is 4.67. The van der Waals surface area contributed by atoms with E-state index in [2.05, 4.69) is 26.7 Å². The van der Waals surface area contributed by atoms with Gasteiger partial charge in [-0.2, -0.15) is 0 Å². The second-order valence-corrected chi connectivity index (χ2v) is 12.2. The summed E-state index contributed by atoms with van der Waals surface area (Å²) in [5, 5.41) is 37.6. The average Bonchev–Trinajstić information content (AvgIpc) is 3.13. The topological polar surface area (TPSA) is 287 Å². The zero-order valence-corrected chi connectivity index (χ0v) is 30.1. The predicted octanol–water partition coefficient (Wildman–Crippen LogP) is 0.106. The molecule has 2 aromatic carbocycles. The number of nitrogens with one attached hydrogen (secondary N) is 5. The molecule has 296 valence electrons. The first-order valence-electron chi connectivity index (χ1n) is 16.9. The van der Waals surface area contributed by atoms with Crippen LogP contribution in [0.2, 0.25) is 0 Å². The van der Waals surface area contributed by atoms with E-state index in [1.807, 2.05) is 30.3 Å². The lowest BCUT2D eigenvalue weighted by atomic mass is 10.0. The van der Waals surface area contributed by atoms with Gasteiger partial charge in [-0.1, -0.05) is 74.5 Å². The van der Waals surface area contributed by atoms with E-state index in [0.29, 0.717) is 17.0 Å². The second-order valence-electron chi connectivity index (χ2n) is 12.2. The number of carbonyl (C=O) groups is 9. The number of carbonyl (C=O) groups excluding carboxylic acids is 6. The minimum Gasteiger partial charge on any atom is -0.481 e. The summed E-state index contributed by atoms with van der Waals surface area (Å²) >= 11 is 0. The van der Waals surface area contributed by atoms with Gasteiger partial charge in [0.15, 0.2) is 0 Å². The van der Waals surface area contributed by atoms with Gasteiger partial charge in [0.25, 0.3) is 11.8 Å². The Bertz CT molecular complexity index is 1700. The zero-order valence-electron chi connectivity index (χ0n) is 30.1. The molecule has 19 heteroatoms. The summed E-state index contributed by atoms with van der Waals surface area (Å²) in [7, 11) is 0. The zero-order chi connectivity index (χ0) is 40.9. The van der Waals surface area contributed by atoms with Crippen LogP contribution in [0.5, 0.6) is 0 Å². The molecule has 0 aliphatic carbocycles. The molecule has 0 aliphatic rings. The van der Waals surface area contributed by atoms with Crippen LogP contribution in [0.1, 0.15) is 44.2 Å². The highest BCUT2D eigenvalue weighted by Crippen LogP contribution is 2.08. The van der Waals surface area contributed by atoms with Crippen molar-refractivity contribution in [3.8, 4) is 0 Å². The lowest BCUT2D eigenvalue weighted by Gasteiger charge is -2.28. The van der Waals surface area contributed by atoms with Crippen LogP contribution in [-0.4, -0.2) is 105 Å². The highest BCUT2D eigenvalue weighted by Gasteiger charge is 2.33. The molecule has 0 fully saturated rings. The number of hydrogen-bond donors (Lipinski definition) is 8. The first-order valence-corrected chi connectivity index (χ1v) is 16.9. The summed E-state index contributed by atoms with van der Waals surface area (Å²) in [6.45, 7) is 1.93. The Morgan fingerprint density at radius 1 is 0.709 bits per heavy atom. The number of hydrogen-bond acceptors (Lipinski definition) is 10. The summed E-state index contributed by atoms with van der Waals surface area (Å²) in [5.41, 5.74) is 3.65. The maximum Gasteiger partial charge on any atom is 0.408 e. The van der Waals surface area contributed by atoms with E-state index in [4.69, 9.17) is 4.74 Å². The van der Waals surface area contributed by atoms with Gasteiger partial charge in [-0.25, -0.2) is 9.80 Å². The first kappa shape index (κ1) is 44.4. The molecule has 19 nitrogen and oxygen atoms in total. The summed E-state index contributed by atoms with van der Waals surface area (Å²) in [5.74, 6) is -10.3. The number of benzene rings is 2. The van der Waals surface area contributed by atoms with Crippen molar-refractivity contribution in [2.75, 3.05) is 13.1 Å². The van der Waals surface area contributed by atoms with E-state index in [0.717, 1.165) is 17.7 Å². The molecule has 3 atom stereocenters. The van der Waals surface area contributed by atoms with Crippen LogP contribution in [0.3, 0.4) is 0 Å². The molecule has 55 heavy (non-hydrogen) atoms. The van der Waals surface area contributed by atoms with Gasteiger partial charge in [0.05, 0.1) is 6.42 Å². The van der Waals surface area contributed by atoms with Crippen LogP contribution < -0.4 is 26.7 Å². The Balaban J connectivity index is 2.14. The molecule has 6 amide bonds. The number of carboxylic acids is 3. The van der Waals surface area contributed by atoms with Crippen LogP contribution >= 0.6 is 0 Å². The standard InChI is InChI=1S/C36H44N6O13/c1-22(2)32(35(53)41-42(20-31(49)50)28(44)15-14-27(43)37-18-17-23-9-5-3-6-10-23)40-33(51)25(13-16-29(45)46)38-34(52)26(19-30(47)48)39-36(54)55-21-24-11-7-4-8-12-24/h3-12,14-15,22,25-26,32H,13,16-21H2,1-2H3,(H,37,43)(H,38,52)(H,39,54)(H,40,51)(H,41,53)(H,45,46)(H,47,48)(H,49,50)/t25-,26-,32-/m0/s1. The Hall–Kier alpha value is -6.79. The fourth-order valence-corrected chi connectivity index (χ4v) is 4.67. The Kier molecular flexibility index (Phi) is 18.6. The van der Waals surface area contributed by atoms with Crippen molar-refractivity contribution in [1.29, 1.82) is 0 Å². The van der Waals surface area contributed by atoms with Gasteiger partial charge in [0, 0.05) is 25.1 Å². The molecule has 0 radical (unpaired) electrons. The van der Waals surface area contributed by atoms with Crippen molar-refractivity contribution >= 4 is 53.5 Å². The van der Waals surface area contributed by atoms with E-state index < -0.39 is 103 Å². The normalized spacial score (nSPS) is 12.3. The number of nitrogens with zero attached hydrogens (tertiary/aromatic N) is 1. The molecule has 0 heterocycles. The number of aliphatic carboxylic acids is 3. The number of carboxylic acid groups (broad SMARTS) is 3. The van der Waals surface area contributed by atoms with E-state index in [-0.39, 0.29) is 13.2 Å². The second kappa shape index (κ2) is 23.0. The molecule has 0 spiro atoms. The number of hydrazine groups is 1. The molecule has 2 aromatic rings.